The molecule has 40 heavy (non-hydrogen) atoms. The SMILES string of the molecule is CCc1nn(-c2cc(NC(=O)CCOC)ccc2Cl)c(=O)n1Cc1ccc(-c2ccccc2S(N)(=O)=O)cc1F. The minimum Gasteiger partial charge on any atom is -0.384 e. The Morgan fingerprint density at radius 3 is 2.58 bits per heavy atom. The highest BCUT2D eigenvalue weighted by molar-refractivity contribution is 7.89. The van der Waals surface area contributed by atoms with Gasteiger partial charge in [0.25, 0.3) is 0 Å². The van der Waals surface area contributed by atoms with Crippen molar-refractivity contribution in [3.05, 3.63) is 93.4 Å². The van der Waals surface area contributed by atoms with E-state index in [4.69, 9.17) is 21.5 Å². The zero-order chi connectivity index (χ0) is 29.0. The summed E-state index contributed by atoms with van der Waals surface area (Å²) in [5, 5.41) is 12.7. The molecule has 0 aliphatic rings. The first-order valence-corrected chi connectivity index (χ1v) is 14.1. The van der Waals surface area contributed by atoms with E-state index in [-0.39, 0.29) is 52.2 Å². The second-order valence-electron chi connectivity index (χ2n) is 8.85. The second-order valence-corrected chi connectivity index (χ2v) is 10.8. The van der Waals surface area contributed by atoms with Gasteiger partial charge in [0, 0.05) is 30.3 Å². The van der Waals surface area contributed by atoms with E-state index >= 15 is 4.39 Å². The van der Waals surface area contributed by atoms with Crippen LogP contribution >= 0.6 is 11.6 Å². The van der Waals surface area contributed by atoms with Gasteiger partial charge in [-0.05, 0) is 35.9 Å². The van der Waals surface area contributed by atoms with Crippen LogP contribution < -0.4 is 16.1 Å². The highest BCUT2D eigenvalue weighted by atomic mass is 35.5. The number of nitrogens with zero attached hydrogens (tertiary/aromatic N) is 3. The number of hydrogen-bond donors (Lipinski definition) is 2. The Balaban J connectivity index is 1.68. The van der Waals surface area contributed by atoms with E-state index < -0.39 is 21.5 Å². The molecule has 0 unspecified atom stereocenters. The summed E-state index contributed by atoms with van der Waals surface area (Å²) in [7, 11) is -2.53. The minimum atomic E-state index is -4.03. The summed E-state index contributed by atoms with van der Waals surface area (Å²) in [5.41, 5.74) is 0.892. The van der Waals surface area contributed by atoms with Gasteiger partial charge in [-0.3, -0.25) is 9.36 Å². The number of ether oxygens (including phenoxy) is 1. The molecule has 1 amide bonds. The molecule has 0 radical (unpaired) electrons. The van der Waals surface area contributed by atoms with E-state index in [9.17, 15) is 18.0 Å². The van der Waals surface area contributed by atoms with Gasteiger partial charge < -0.3 is 10.1 Å². The molecule has 0 aliphatic heterocycles. The molecule has 1 heterocycles. The van der Waals surface area contributed by atoms with Crippen LogP contribution in [0.15, 0.2) is 70.4 Å². The van der Waals surface area contributed by atoms with Gasteiger partial charge in [0.15, 0.2) is 0 Å². The van der Waals surface area contributed by atoms with E-state index in [1.807, 2.05) is 0 Å². The van der Waals surface area contributed by atoms with Crippen LogP contribution in [0.5, 0.6) is 0 Å². The average molecular weight is 588 g/mol. The fourth-order valence-electron chi connectivity index (χ4n) is 4.15. The molecule has 13 heteroatoms. The highest BCUT2D eigenvalue weighted by Crippen LogP contribution is 2.28. The topological polar surface area (TPSA) is 138 Å². The second kappa shape index (κ2) is 12.1. The lowest BCUT2D eigenvalue weighted by Gasteiger charge is -2.11. The molecule has 3 aromatic carbocycles. The molecule has 0 aliphatic carbocycles. The van der Waals surface area contributed by atoms with Crippen LogP contribution in [-0.4, -0.2) is 42.4 Å². The first kappa shape index (κ1) is 29.2. The van der Waals surface area contributed by atoms with Crippen LogP contribution in [0.3, 0.4) is 0 Å². The number of carbonyl (C=O) groups is 1. The molecule has 4 aromatic rings. The Morgan fingerprint density at radius 2 is 1.90 bits per heavy atom. The van der Waals surface area contributed by atoms with Crippen molar-refractivity contribution in [3.63, 3.8) is 0 Å². The smallest absolute Gasteiger partial charge is 0.351 e. The Hall–Kier alpha value is -3.84. The van der Waals surface area contributed by atoms with Gasteiger partial charge in [0.2, 0.25) is 15.9 Å². The van der Waals surface area contributed by atoms with Crippen molar-refractivity contribution >= 4 is 33.2 Å². The summed E-state index contributed by atoms with van der Waals surface area (Å²) >= 11 is 6.38. The van der Waals surface area contributed by atoms with Crippen molar-refractivity contribution in [1.82, 2.24) is 14.3 Å². The van der Waals surface area contributed by atoms with Gasteiger partial charge in [0.1, 0.15) is 11.6 Å². The number of anilines is 1. The molecule has 0 atom stereocenters. The van der Waals surface area contributed by atoms with Crippen LogP contribution in [0.25, 0.3) is 16.8 Å². The number of halogens is 2. The van der Waals surface area contributed by atoms with E-state index in [0.29, 0.717) is 23.5 Å². The van der Waals surface area contributed by atoms with Crippen LogP contribution in [0.4, 0.5) is 10.1 Å². The zero-order valence-electron chi connectivity index (χ0n) is 21.7. The van der Waals surface area contributed by atoms with Crippen molar-refractivity contribution in [2.45, 2.75) is 31.2 Å². The summed E-state index contributed by atoms with van der Waals surface area (Å²) in [6, 6.07) is 15.0. The highest BCUT2D eigenvalue weighted by Gasteiger charge is 2.19. The first-order valence-electron chi connectivity index (χ1n) is 12.2. The predicted octanol–water partition coefficient (Wildman–Crippen LogP) is 3.73. The molecule has 210 valence electrons. The number of nitrogens with one attached hydrogen (secondary N) is 1. The number of rotatable bonds is 10. The lowest BCUT2D eigenvalue weighted by Crippen LogP contribution is -2.25. The largest absolute Gasteiger partial charge is 0.384 e. The molecule has 0 saturated heterocycles. The summed E-state index contributed by atoms with van der Waals surface area (Å²) in [6.45, 7) is 1.93. The fraction of sp³-hybridized carbons (Fsp3) is 0.222. The first-order chi connectivity index (χ1) is 19.0. The Morgan fingerprint density at radius 1 is 1.15 bits per heavy atom. The minimum absolute atomic E-state index is 0.123. The van der Waals surface area contributed by atoms with Crippen LogP contribution in [0.1, 0.15) is 24.7 Å². The van der Waals surface area contributed by atoms with Gasteiger partial charge in [-0.15, -0.1) is 5.10 Å². The maximum atomic E-state index is 15.3. The van der Waals surface area contributed by atoms with E-state index in [2.05, 4.69) is 10.4 Å². The number of aromatic nitrogens is 3. The summed E-state index contributed by atoms with van der Waals surface area (Å²) in [6.07, 6.45) is 0.524. The number of hydrogen-bond acceptors (Lipinski definition) is 6. The molecule has 10 nitrogen and oxygen atoms in total. The monoisotopic (exact) mass is 587 g/mol. The quantitative estimate of drug-likeness (QED) is 0.290. The zero-order valence-corrected chi connectivity index (χ0v) is 23.3. The van der Waals surface area contributed by atoms with Crippen LogP contribution in [0.2, 0.25) is 5.02 Å². The summed E-state index contributed by atoms with van der Waals surface area (Å²) in [5.74, 6) is -0.520. The number of amides is 1. The summed E-state index contributed by atoms with van der Waals surface area (Å²) in [4.78, 5) is 25.4. The Labute approximate surface area is 235 Å². The average Bonchev–Trinajstić information content (AvgIpc) is 3.23. The molecule has 0 spiro atoms. The van der Waals surface area contributed by atoms with Gasteiger partial charge in [0.05, 0.1) is 35.2 Å². The molecule has 1 aromatic heterocycles. The van der Waals surface area contributed by atoms with Crippen molar-refractivity contribution in [3.8, 4) is 16.8 Å². The van der Waals surface area contributed by atoms with Crippen molar-refractivity contribution < 1.29 is 22.3 Å². The molecule has 0 bridgehead atoms. The molecule has 4 rings (SSSR count). The molecule has 0 fully saturated rings. The van der Waals surface area contributed by atoms with Gasteiger partial charge in [-0.1, -0.05) is 48.9 Å². The van der Waals surface area contributed by atoms with Crippen molar-refractivity contribution in [2.24, 2.45) is 5.14 Å². The maximum absolute atomic E-state index is 15.3. The van der Waals surface area contributed by atoms with Crippen LogP contribution in [0, 0.1) is 5.82 Å². The normalized spacial score (nSPS) is 11.5. The Bertz CT molecular complexity index is 1740. The lowest BCUT2D eigenvalue weighted by molar-refractivity contribution is -0.117. The van der Waals surface area contributed by atoms with E-state index in [1.165, 1.54) is 54.1 Å². The number of sulfonamides is 1. The number of benzene rings is 3. The lowest BCUT2D eigenvalue weighted by atomic mass is 10.0. The fourth-order valence-corrected chi connectivity index (χ4v) is 5.11. The summed E-state index contributed by atoms with van der Waals surface area (Å²) < 4.78 is 46.6. The van der Waals surface area contributed by atoms with Crippen molar-refractivity contribution in [1.29, 1.82) is 0 Å². The number of aryl methyl sites for hydroxylation is 1. The Kier molecular flexibility index (Phi) is 8.84. The van der Waals surface area contributed by atoms with Crippen LogP contribution in [-0.2, 0) is 32.5 Å². The third-order valence-corrected chi connectivity index (χ3v) is 7.42. The van der Waals surface area contributed by atoms with Crippen molar-refractivity contribution in [2.75, 3.05) is 19.0 Å². The number of primary sulfonamides is 1. The van der Waals surface area contributed by atoms with Gasteiger partial charge in [-0.2, -0.15) is 4.68 Å². The molecule has 0 saturated carbocycles. The molecule has 3 N–H and O–H groups in total. The maximum Gasteiger partial charge on any atom is 0.351 e. The number of carbonyl (C=O) groups excluding carboxylic acids is 1. The molecular formula is C27H27ClFN5O5S. The van der Waals surface area contributed by atoms with Gasteiger partial charge in [-0.25, -0.2) is 22.7 Å². The predicted molar refractivity (Wildman–Crippen MR) is 150 cm³/mol. The third-order valence-electron chi connectivity index (χ3n) is 6.13. The van der Waals surface area contributed by atoms with Gasteiger partial charge >= 0.3 is 5.69 Å². The standard InChI is InChI=1S/C27H27ClFN5O5S/c1-3-25-32-34(23-15-19(10-11-21(23)28)31-26(35)12-13-39-2)27(36)33(25)16-18-9-8-17(14-22(18)29)20-6-4-5-7-24(20)40(30,37)38/h4-11,14-15H,3,12-13,16H2,1-2H3,(H,31,35)(H2,30,37,38). The number of nitrogens with two attached hydrogens (primary N) is 1. The third kappa shape index (κ3) is 6.31. The van der Waals surface area contributed by atoms with E-state index in [0.717, 1.165) is 4.68 Å². The molecular weight excluding hydrogens is 561 g/mol. The van der Waals surface area contributed by atoms with E-state index in [1.54, 1.807) is 25.1 Å². The number of methoxy groups -OCH3 is 1.